The van der Waals surface area contributed by atoms with E-state index >= 15 is 0 Å². The Hall–Kier alpha value is 2.03. The maximum atomic E-state index is 3.21. The average molecular weight is 130 g/mol. The Balaban J connectivity index is 0. The second kappa shape index (κ2) is 9.39. The molecular weight excluding hydrogens is 121 g/mol. The molecule has 0 saturated carbocycles. The third-order valence-corrected chi connectivity index (χ3v) is 3.18. The number of nitrogens with one attached hydrogen (secondary N) is 1. The van der Waals surface area contributed by atoms with Crippen molar-refractivity contribution in [2.75, 3.05) is 0 Å². The van der Waals surface area contributed by atoms with Gasteiger partial charge in [0.2, 0.25) is 0 Å². The molecule has 27 valence electrons. The van der Waals surface area contributed by atoms with Gasteiger partial charge in [-0.2, -0.15) is 0 Å². The van der Waals surface area contributed by atoms with E-state index in [9.17, 15) is 0 Å². The molecule has 1 N–H and O–H groups in total. The van der Waals surface area contributed by atoms with E-state index in [-0.39, 0.29) is 61.1 Å². The van der Waals surface area contributed by atoms with Gasteiger partial charge in [-0.15, -0.1) is 0 Å². The molecule has 0 aliphatic carbocycles. The van der Waals surface area contributed by atoms with Crippen LogP contribution < -0.4 is 4.65 Å². The van der Waals surface area contributed by atoms with E-state index < -0.39 is 0 Å². The molecular formula is CH9KNSi2. The van der Waals surface area contributed by atoms with E-state index in [0.717, 1.165) is 0 Å². The molecule has 0 aliphatic heterocycles. The van der Waals surface area contributed by atoms with Crippen molar-refractivity contribution < 1.29 is 0 Å². The Kier molecular flexibility index (Phi) is 19.0. The van der Waals surface area contributed by atoms with E-state index in [1.165, 1.54) is 10.4 Å². The molecule has 0 aromatic rings. The molecule has 0 saturated heterocycles. The van der Waals surface area contributed by atoms with Gasteiger partial charge < -0.3 is 4.65 Å². The van der Waals surface area contributed by atoms with Crippen molar-refractivity contribution in [1.82, 2.24) is 4.65 Å². The minimum Gasteiger partial charge on any atom is -0.372 e. The second-order valence-electron chi connectivity index (χ2n) is 0.707. The van der Waals surface area contributed by atoms with Crippen molar-refractivity contribution in [3.05, 3.63) is 0 Å². The fourth-order valence-electron chi connectivity index (χ4n) is 0. The maximum Gasteiger partial charge on any atom is 0.0811 e. The summed E-state index contributed by atoms with van der Waals surface area (Å²) in [5.74, 6) is 0. The molecule has 0 bridgehead atoms. The molecule has 0 aliphatic rings. The van der Waals surface area contributed by atoms with Crippen molar-refractivity contribution in [2.45, 2.75) is 6.55 Å². The van der Waals surface area contributed by atoms with Gasteiger partial charge in [0.25, 0.3) is 0 Å². The third-order valence-electron chi connectivity index (χ3n) is 0.354. The summed E-state index contributed by atoms with van der Waals surface area (Å²) in [5.41, 5.74) is 0. The van der Waals surface area contributed by atoms with Crippen LogP contribution in [-0.4, -0.2) is 71.5 Å². The molecule has 4 heteroatoms. The molecule has 5 heavy (non-hydrogen) atoms. The van der Waals surface area contributed by atoms with Crippen molar-refractivity contribution in [3.63, 3.8) is 0 Å². The van der Waals surface area contributed by atoms with Crippen LogP contribution in [-0.2, 0) is 0 Å². The molecule has 0 spiro atoms. The Morgan fingerprint density at radius 1 is 1.80 bits per heavy atom. The van der Waals surface area contributed by atoms with E-state index in [0.29, 0.717) is 0 Å². The Labute approximate surface area is 81.1 Å². The molecule has 0 amide bonds. The van der Waals surface area contributed by atoms with Crippen LogP contribution in [0.4, 0.5) is 0 Å². The van der Waals surface area contributed by atoms with Crippen molar-refractivity contribution in [3.8, 4) is 0 Å². The van der Waals surface area contributed by atoms with Gasteiger partial charge in [0.15, 0.2) is 0 Å². The van der Waals surface area contributed by atoms with Crippen molar-refractivity contribution >= 4 is 71.5 Å². The number of rotatable bonds is 1. The molecule has 1 nitrogen and oxygen atoms in total. The molecule has 0 heterocycles. The predicted octanol–water partition coefficient (Wildman–Crippen LogP) is -2.39. The molecule has 0 fully saturated rings. The summed E-state index contributed by atoms with van der Waals surface area (Å²) >= 11 is 0. The standard InChI is InChI=1S/CH9NSi2.K/c1-4-2-3;/h2H,4H2,1,3H3;. The van der Waals surface area contributed by atoms with Crippen LogP contribution in [0.3, 0.4) is 0 Å². The Morgan fingerprint density at radius 2 is 2.00 bits per heavy atom. The Morgan fingerprint density at radius 3 is 2.00 bits per heavy atom. The molecule has 0 unspecified atom stereocenters. The number of hydrogen-bond acceptors (Lipinski definition) is 1. The van der Waals surface area contributed by atoms with Gasteiger partial charge >= 0.3 is 0 Å². The average Bonchev–Trinajstić information content (AvgIpc) is 1.37. The summed E-state index contributed by atoms with van der Waals surface area (Å²) in [6.45, 7) is 2.24. The smallest absolute Gasteiger partial charge is 0.0811 e. The molecule has 1 radical (unpaired) electrons. The summed E-state index contributed by atoms with van der Waals surface area (Å²) in [6.07, 6.45) is 0. The fourth-order valence-corrected chi connectivity index (χ4v) is 0. The summed E-state index contributed by atoms with van der Waals surface area (Å²) in [7, 11) is 1.44. The maximum absolute atomic E-state index is 3.21. The van der Waals surface area contributed by atoms with Crippen LogP contribution >= 0.6 is 0 Å². The zero-order valence-corrected chi connectivity index (χ0v) is 10.7. The zero-order valence-electron chi connectivity index (χ0n) is 4.21. The minimum atomic E-state index is 0. The van der Waals surface area contributed by atoms with E-state index in [2.05, 4.69) is 11.2 Å². The monoisotopic (exact) mass is 130 g/mol. The SMILES string of the molecule is C[SiH2]N[SiH3].[K]. The summed E-state index contributed by atoms with van der Waals surface area (Å²) in [6, 6.07) is 0. The molecule has 0 atom stereocenters. The predicted molar refractivity (Wildman–Crippen MR) is 33.2 cm³/mol. The normalized spacial score (nSPS) is 9.00. The summed E-state index contributed by atoms with van der Waals surface area (Å²) in [5, 5.41) is 0. The zero-order chi connectivity index (χ0) is 3.41. The van der Waals surface area contributed by atoms with Gasteiger partial charge in [0.05, 0.1) is 20.1 Å². The van der Waals surface area contributed by atoms with E-state index in [4.69, 9.17) is 0 Å². The van der Waals surface area contributed by atoms with Crippen LogP contribution in [0.5, 0.6) is 0 Å². The van der Waals surface area contributed by atoms with E-state index in [1.54, 1.807) is 0 Å². The van der Waals surface area contributed by atoms with Crippen LogP contribution in [0, 0.1) is 0 Å². The first-order valence-corrected chi connectivity index (χ1v) is 4.68. The summed E-state index contributed by atoms with van der Waals surface area (Å²) < 4.78 is 3.21. The number of hydrogen-bond donors (Lipinski definition) is 1. The second-order valence-corrected chi connectivity index (χ2v) is 4.24. The fraction of sp³-hybridized carbons (Fsp3) is 1.00. The van der Waals surface area contributed by atoms with Crippen LogP contribution in [0.2, 0.25) is 6.55 Å². The Bertz CT molecular complexity index is 11.6. The van der Waals surface area contributed by atoms with Gasteiger partial charge in [-0.05, 0) is 0 Å². The largest absolute Gasteiger partial charge is 0.372 e. The molecule has 0 aromatic heterocycles. The van der Waals surface area contributed by atoms with Gasteiger partial charge in [-0.25, -0.2) is 0 Å². The molecule has 0 rings (SSSR count). The van der Waals surface area contributed by atoms with Crippen LogP contribution in [0.1, 0.15) is 0 Å². The van der Waals surface area contributed by atoms with Gasteiger partial charge in [-0.3, -0.25) is 0 Å². The van der Waals surface area contributed by atoms with Crippen molar-refractivity contribution in [1.29, 1.82) is 0 Å². The quantitative estimate of drug-likeness (QED) is 0.391. The van der Waals surface area contributed by atoms with Crippen molar-refractivity contribution in [2.24, 2.45) is 0 Å². The summed E-state index contributed by atoms with van der Waals surface area (Å²) in [4.78, 5) is 0. The third kappa shape index (κ3) is 10.7. The van der Waals surface area contributed by atoms with Gasteiger partial charge in [0, 0.05) is 51.4 Å². The molecule has 0 aromatic carbocycles. The van der Waals surface area contributed by atoms with Crippen LogP contribution in [0.25, 0.3) is 0 Å². The van der Waals surface area contributed by atoms with Gasteiger partial charge in [0.1, 0.15) is 0 Å². The van der Waals surface area contributed by atoms with Gasteiger partial charge in [-0.1, -0.05) is 6.55 Å². The minimum absolute atomic E-state index is 0. The van der Waals surface area contributed by atoms with E-state index in [1.807, 2.05) is 0 Å². The van der Waals surface area contributed by atoms with Crippen LogP contribution in [0.15, 0.2) is 0 Å². The topological polar surface area (TPSA) is 12.0 Å². The first kappa shape index (κ1) is 10.1. The first-order chi connectivity index (χ1) is 1.91. The first-order valence-electron chi connectivity index (χ1n) is 1.56.